The number of ether oxygens (including phenoxy) is 1. The second-order valence-electron chi connectivity index (χ2n) is 8.27. The van der Waals surface area contributed by atoms with E-state index in [-0.39, 0.29) is 11.5 Å². The van der Waals surface area contributed by atoms with E-state index in [4.69, 9.17) is 4.74 Å². The van der Waals surface area contributed by atoms with Gasteiger partial charge in [0, 0.05) is 17.4 Å². The molecule has 2 N–H and O–H groups in total. The van der Waals surface area contributed by atoms with Crippen molar-refractivity contribution in [3.8, 4) is 11.5 Å². The standard InChI is InChI=1S/C20H28O3/c1-4-5-6-7-12-10-14(21)16-15(11-12)23-19(2)9-8-13-17(19)18(16)20(13,3)22/h10-11,13,17-18,21-22H,4-9H2,1-3H3. The maximum atomic E-state index is 11.0. The van der Waals surface area contributed by atoms with Gasteiger partial charge in [-0.3, -0.25) is 0 Å². The van der Waals surface area contributed by atoms with Crippen LogP contribution in [-0.2, 0) is 6.42 Å². The van der Waals surface area contributed by atoms with Crippen LogP contribution in [0.25, 0.3) is 0 Å². The Morgan fingerprint density at radius 3 is 2.78 bits per heavy atom. The fraction of sp³-hybridized carbons (Fsp3) is 0.700. The predicted molar refractivity (Wildman–Crippen MR) is 89.9 cm³/mol. The van der Waals surface area contributed by atoms with Gasteiger partial charge in [-0.1, -0.05) is 19.8 Å². The lowest BCUT2D eigenvalue weighted by Gasteiger charge is -2.60. The molecule has 4 rings (SSSR count). The van der Waals surface area contributed by atoms with Crippen LogP contribution in [0.4, 0.5) is 0 Å². The van der Waals surface area contributed by atoms with E-state index in [0.29, 0.717) is 17.6 Å². The summed E-state index contributed by atoms with van der Waals surface area (Å²) in [5.41, 5.74) is 1.08. The van der Waals surface area contributed by atoms with E-state index in [1.807, 2.05) is 13.0 Å². The van der Waals surface area contributed by atoms with Crippen LogP contribution in [0.2, 0.25) is 0 Å². The minimum absolute atomic E-state index is 0.00782. The molecule has 2 aliphatic carbocycles. The highest BCUT2D eigenvalue weighted by Gasteiger charge is 2.71. The highest BCUT2D eigenvalue weighted by atomic mass is 16.5. The van der Waals surface area contributed by atoms with E-state index in [1.54, 1.807) is 0 Å². The lowest BCUT2D eigenvalue weighted by Crippen LogP contribution is -2.64. The van der Waals surface area contributed by atoms with Crippen LogP contribution < -0.4 is 4.74 Å². The first-order chi connectivity index (χ1) is 10.9. The first-order valence-electron chi connectivity index (χ1n) is 9.15. The van der Waals surface area contributed by atoms with E-state index >= 15 is 0 Å². The van der Waals surface area contributed by atoms with Gasteiger partial charge < -0.3 is 14.9 Å². The summed E-state index contributed by atoms with van der Waals surface area (Å²) in [6.07, 6.45) is 6.52. The SMILES string of the molecule is CCCCCc1cc(O)c2c(c1)OC1(C)CCC3C1C2C3(C)O. The Hall–Kier alpha value is -1.22. The molecule has 23 heavy (non-hydrogen) atoms. The van der Waals surface area contributed by atoms with Gasteiger partial charge in [0.05, 0.1) is 5.60 Å². The smallest absolute Gasteiger partial charge is 0.127 e. The van der Waals surface area contributed by atoms with Crippen LogP contribution in [0.1, 0.15) is 69.9 Å². The van der Waals surface area contributed by atoms with Crippen molar-refractivity contribution in [3.05, 3.63) is 23.3 Å². The Labute approximate surface area is 138 Å². The number of phenolic OH excluding ortho intramolecular Hbond substituents is 1. The van der Waals surface area contributed by atoms with Gasteiger partial charge in [0.2, 0.25) is 0 Å². The molecule has 2 saturated carbocycles. The van der Waals surface area contributed by atoms with Crippen molar-refractivity contribution < 1.29 is 14.9 Å². The Morgan fingerprint density at radius 2 is 2.04 bits per heavy atom. The Kier molecular flexibility index (Phi) is 3.26. The maximum absolute atomic E-state index is 11.0. The van der Waals surface area contributed by atoms with Gasteiger partial charge >= 0.3 is 0 Å². The third-order valence-electron chi connectivity index (χ3n) is 6.73. The number of benzene rings is 1. The fourth-order valence-corrected chi connectivity index (χ4v) is 5.56. The highest BCUT2D eigenvalue weighted by Crippen LogP contribution is 2.70. The Morgan fingerprint density at radius 1 is 1.26 bits per heavy atom. The zero-order valence-corrected chi connectivity index (χ0v) is 14.4. The second kappa shape index (κ2) is 4.89. The molecular weight excluding hydrogens is 288 g/mol. The summed E-state index contributed by atoms with van der Waals surface area (Å²) in [6.45, 7) is 6.32. The summed E-state index contributed by atoms with van der Waals surface area (Å²) in [5, 5.41) is 21.6. The summed E-state index contributed by atoms with van der Waals surface area (Å²) in [7, 11) is 0. The quantitative estimate of drug-likeness (QED) is 0.820. The summed E-state index contributed by atoms with van der Waals surface area (Å²) in [4.78, 5) is 0. The summed E-state index contributed by atoms with van der Waals surface area (Å²) in [5.74, 6) is 1.76. The molecule has 3 nitrogen and oxygen atoms in total. The molecule has 0 bridgehead atoms. The Balaban J connectivity index is 1.73. The molecule has 5 atom stereocenters. The number of aromatic hydroxyl groups is 1. The first-order valence-corrected chi connectivity index (χ1v) is 9.15. The molecule has 5 unspecified atom stereocenters. The molecule has 3 heteroatoms. The van der Waals surface area contributed by atoms with E-state index in [0.717, 1.165) is 42.6 Å². The van der Waals surface area contributed by atoms with E-state index in [9.17, 15) is 10.2 Å². The predicted octanol–water partition coefficient (Wildman–Crippen LogP) is 4.15. The lowest BCUT2D eigenvalue weighted by molar-refractivity contribution is -0.184. The minimum atomic E-state index is -0.720. The molecule has 126 valence electrons. The van der Waals surface area contributed by atoms with Gasteiger partial charge in [0.25, 0.3) is 0 Å². The molecule has 1 aromatic rings. The average molecular weight is 316 g/mol. The first kappa shape index (κ1) is 15.3. The number of fused-ring (bicyclic) bond motifs is 2. The van der Waals surface area contributed by atoms with Crippen LogP contribution in [0.15, 0.2) is 12.1 Å². The molecule has 3 aliphatic rings. The van der Waals surface area contributed by atoms with Crippen molar-refractivity contribution in [2.75, 3.05) is 0 Å². The summed E-state index contributed by atoms with van der Waals surface area (Å²) < 4.78 is 6.39. The van der Waals surface area contributed by atoms with Crippen molar-refractivity contribution in [1.29, 1.82) is 0 Å². The molecule has 0 aromatic heterocycles. The van der Waals surface area contributed by atoms with Crippen molar-refractivity contribution in [3.63, 3.8) is 0 Å². The zero-order chi connectivity index (χ0) is 16.4. The summed E-state index contributed by atoms with van der Waals surface area (Å²) in [6, 6.07) is 3.99. The van der Waals surface area contributed by atoms with E-state index in [1.165, 1.54) is 12.8 Å². The normalized spacial score (nSPS) is 40.1. The third-order valence-corrected chi connectivity index (χ3v) is 6.73. The number of unbranched alkanes of at least 4 members (excludes halogenated alkanes) is 2. The topological polar surface area (TPSA) is 49.7 Å². The van der Waals surface area contributed by atoms with Crippen LogP contribution in [0, 0.1) is 11.8 Å². The van der Waals surface area contributed by atoms with Gasteiger partial charge in [-0.05, 0) is 63.1 Å². The van der Waals surface area contributed by atoms with E-state index < -0.39 is 5.60 Å². The second-order valence-corrected chi connectivity index (χ2v) is 8.27. The van der Waals surface area contributed by atoms with Crippen molar-refractivity contribution in [2.24, 2.45) is 11.8 Å². The fourth-order valence-electron chi connectivity index (χ4n) is 5.56. The maximum Gasteiger partial charge on any atom is 0.127 e. The van der Waals surface area contributed by atoms with Crippen LogP contribution in [0.5, 0.6) is 11.5 Å². The average Bonchev–Trinajstić information content (AvgIpc) is 2.81. The number of hydrogen-bond donors (Lipinski definition) is 2. The van der Waals surface area contributed by atoms with Crippen molar-refractivity contribution in [1.82, 2.24) is 0 Å². The number of hydrogen-bond acceptors (Lipinski definition) is 3. The molecule has 0 saturated heterocycles. The molecule has 1 heterocycles. The molecule has 1 aliphatic heterocycles. The molecule has 0 amide bonds. The Bertz CT molecular complexity index is 636. The number of phenols is 1. The molecule has 1 aromatic carbocycles. The number of rotatable bonds is 4. The molecular formula is C20H28O3. The van der Waals surface area contributed by atoms with Gasteiger partial charge in [-0.15, -0.1) is 0 Å². The van der Waals surface area contributed by atoms with Gasteiger partial charge in [0.1, 0.15) is 17.1 Å². The molecule has 0 spiro atoms. The van der Waals surface area contributed by atoms with Gasteiger partial charge in [0.15, 0.2) is 0 Å². The highest BCUT2D eigenvalue weighted by molar-refractivity contribution is 5.55. The monoisotopic (exact) mass is 316 g/mol. The van der Waals surface area contributed by atoms with E-state index in [2.05, 4.69) is 19.9 Å². The van der Waals surface area contributed by atoms with Crippen LogP contribution >= 0.6 is 0 Å². The number of aliphatic hydroxyl groups is 1. The number of aryl methyl sites for hydroxylation is 1. The molecule has 2 fully saturated rings. The summed E-state index contributed by atoms with van der Waals surface area (Å²) >= 11 is 0. The van der Waals surface area contributed by atoms with Crippen molar-refractivity contribution >= 4 is 0 Å². The minimum Gasteiger partial charge on any atom is -0.508 e. The molecule has 0 radical (unpaired) electrons. The van der Waals surface area contributed by atoms with Crippen LogP contribution in [0.3, 0.4) is 0 Å². The van der Waals surface area contributed by atoms with Crippen LogP contribution in [-0.4, -0.2) is 21.4 Å². The largest absolute Gasteiger partial charge is 0.508 e. The van der Waals surface area contributed by atoms with Crippen molar-refractivity contribution in [2.45, 2.75) is 76.4 Å². The zero-order valence-electron chi connectivity index (χ0n) is 14.4. The third kappa shape index (κ3) is 1.98. The lowest BCUT2D eigenvalue weighted by atomic mass is 9.50. The van der Waals surface area contributed by atoms with Gasteiger partial charge in [-0.2, -0.15) is 0 Å². The van der Waals surface area contributed by atoms with Gasteiger partial charge in [-0.25, -0.2) is 0 Å².